The second-order valence-electron chi connectivity index (χ2n) is 4.24. The summed E-state index contributed by atoms with van der Waals surface area (Å²) in [6.45, 7) is 7.21. The number of hydrogen-bond acceptors (Lipinski definition) is 3. The zero-order valence-electron chi connectivity index (χ0n) is 9.60. The van der Waals surface area contributed by atoms with Gasteiger partial charge in [0.15, 0.2) is 0 Å². The third kappa shape index (κ3) is 4.82. The van der Waals surface area contributed by atoms with Crippen molar-refractivity contribution < 1.29 is 9.53 Å². The molecule has 2 N–H and O–H groups in total. The van der Waals surface area contributed by atoms with E-state index < -0.39 is 0 Å². The van der Waals surface area contributed by atoms with Crippen LogP contribution in [-0.2, 0) is 9.53 Å². The summed E-state index contributed by atoms with van der Waals surface area (Å²) in [6.07, 6.45) is 0.700. The number of amides is 1. The monoisotopic (exact) mass is 236 g/mol. The fraction of sp³-hybridized carbons (Fsp3) is 0.900. The van der Waals surface area contributed by atoms with Gasteiger partial charge in [0.25, 0.3) is 0 Å². The molecule has 0 saturated carbocycles. The number of hydrogen-bond donors (Lipinski definition) is 1. The van der Waals surface area contributed by atoms with Crippen LogP contribution in [0.15, 0.2) is 0 Å². The van der Waals surface area contributed by atoms with Gasteiger partial charge in [0.1, 0.15) is 0 Å². The van der Waals surface area contributed by atoms with E-state index in [1.165, 1.54) is 0 Å². The zero-order chi connectivity index (χ0) is 10.7. The maximum Gasteiger partial charge on any atom is 0.224 e. The molecular weight excluding hydrogens is 216 g/mol. The molecule has 0 spiro atoms. The van der Waals surface area contributed by atoms with E-state index in [0.29, 0.717) is 19.5 Å². The molecule has 0 aromatic heterocycles. The third-order valence-electron chi connectivity index (χ3n) is 2.27. The van der Waals surface area contributed by atoms with Crippen LogP contribution in [-0.4, -0.2) is 42.1 Å². The number of carbonyl (C=O) groups excluding carboxylic acids is 1. The second kappa shape index (κ2) is 6.30. The highest BCUT2D eigenvalue weighted by atomic mass is 35.5. The first kappa shape index (κ1) is 14.7. The molecule has 0 aliphatic carbocycles. The molecule has 1 heterocycles. The SMILES string of the molecule is CC(N)CC(=O)N1C[C@@H](C)O[C@@H](C)C1.Cl. The minimum atomic E-state index is -0.0593. The van der Waals surface area contributed by atoms with Gasteiger partial charge in [-0.15, -0.1) is 12.4 Å². The molecule has 0 radical (unpaired) electrons. The van der Waals surface area contributed by atoms with Crippen LogP contribution in [0.1, 0.15) is 27.2 Å². The van der Waals surface area contributed by atoms with E-state index in [2.05, 4.69) is 0 Å². The van der Waals surface area contributed by atoms with E-state index in [1.807, 2.05) is 25.7 Å². The number of morpholine rings is 1. The Hall–Kier alpha value is -0.320. The lowest BCUT2D eigenvalue weighted by Crippen LogP contribution is -2.49. The van der Waals surface area contributed by atoms with E-state index in [9.17, 15) is 4.79 Å². The summed E-state index contributed by atoms with van der Waals surface area (Å²) in [4.78, 5) is 13.5. The quantitative estimate of drug-likeness (QED) is 0.771. The summed E-state index contributed by atoms with van der Waals surface area (Å²) in [6, 6.07) is -0.0593. The number of ether oxygens (including phenoxy) is 1. The normalized spacial score (nSPS) is 28.1. The Bertz CT molecular complexity index is 202. The Kier molecular flexibility index (Phi) is 6.17. The molecule has 5 heteroatoms. The van der Waals surface area contributed by atoms with Crippen molar-refractivity contribution in [2.24, 2.45) is 5.73 Å². The van der Waals surface area contributed by atoms with Gasteiger partial charge in [-0.2, -0.15) is 0 Å². The zero-order valence-corrected chi connectivity index (χ0v) is 10.4. The predicted molar refractivity (Wildman–Crippen MR) is 62.1 cm³/mol. The van der Waals surface area contributed by atoms with Crippen LogP contribution in [0.2, 0.25) is 0 Å². The van der Waals surface area contributed by atoms with Crippen LogP contribution in [0.25, 0.3) is 0 Å². The summed E-state index contributed by atoms with van der Waals surface area (Å²) in [7, 11) is 0. The average Bonchev–Trinajstić information content (AvgIpc) is 2.00. The molecule has 1 saturated heterocycles. The van der Waals surface area contributed by atoms with Crippen molar-refractivity contribution in [3.05, 3.63) is 0 Å². The molecule has 1 aliphatic heterocycles. The van der Waals surface area contributed by atoms with Gasteiger partial charge in [0, 0.05) is 25.6 Å². The van der Waals surface area contributed by atoms with Crippen LogP contribution in [0, 0.1) is 0 Å². The maximum absolute atomic E-state index is 11.7. The lowest BCUT2D eigenvalue weighted by molar-refractivity contribution is -0.143. The van der Waals surface area contributed by atoms with Crippen molar-refractivity contribution in [2.75, 3.05) is 13.1 Å². The molecule has 1 rings (SSSR count). The van der Waals surface area contributed by atoms with Crippen LogP contribution >= 0.6 is 12.4 Å². The largest absolute Gasteiger partial charge is 0.372 e. The van der Waals surface area contributed by atoms with Gasteiger partial charge in [0.2, 0.25) is 5.91 Å². The summed E-state index contributed by atoms with van der Waals surface area (Å²) in [5, 5.41) is 0. The first-order chi connectivity index (χ1) is 6.49. The standard InChI is InChI=1S/C10H20N2O2.ClH/c1-7(11)4-10(13)12-5-8(2)14-9(3)6-12;/h7-9H,4-6,11H2,1-3H3;1H/t7?,8-,9+;. The van der Waals surface area contributed by atoms with Gasteiger partial charge in [-0.25, -0.2) is 0 Å². The van der Waals surface area contributed by atoms with Crippen molar-refractivity contribution in [1.29, 1.82) is 0 Å². The first-order valence-electron chi connectivity index (χ1n) is 5.18. The van der Waals surface area contributed by atoms with Crippen molar-refractivity contribution in [2.45, 2.75) is 45.4 Å². The van der Waals surface area contributed by atoms with E-state index >= 15 is 0 Å². The molecule has 1 aliphatic rings. The molecule has 0 bridgehead atoms. The highest BCUT2D eigenvalue weighted by Crippen LogP contribution is 2.11. The molecule has 1 fully saturated rings. The van der Waals surface area contributed by atoms with Crippen molar-refractivity contribution in [3.63, 3.8) is 0 Å². The van der Waals surface area contributed by atoms with Crippen molar-refractivity contribution >= 4 is 18.3 Å². The molecule has 15 heavy (non-hydrogen) atoms. The molecular formula is C10H21ClN2O2. The smallest absolute Gasteiger partial charge is 0.224 e. The first-order valence-corrected chi connectivity index (χ1v) is 5.18. The van der Waals surface area contributed by atoms with Gasteiger partial charge in [-0.1, -0.05) is 0 Å². The van der Waals surface area contributed by atoms with Crippen LogP contribution in [0.3, 0.4) is 0 Å². The number of carbonyl (C=O) groups is 1. The Morgan fingerprint density at radius 2 is 1.93 bits per heavy atom. The molecule has 90 valence electrons. The topological polar surface area (TPSA) is 55.6 Å². The fourth-order valence-electron chi connectivity index (χ4n) is 1.79. The van der Waals surface area contributed by atoms with Gasteiger partial charge in [-0.05, 0) is 20.8 Å². The Labute approximate surface area is 97.5 Å². The number of nitrogens with zero attached hydrogens (tertiary/aromatic N) is 1. The molecule has 3 atom stereocenters. The summed E-state index contributed by atoms with van der Waals surface area (Å²) >= 11 is 0. The van der Waals surface area contributed by atoms with Crippen LogP contribution in [0.5, 0.6) is 0 Å². The predicted octanol–water partition coefficient (Wildman–Crippen LogP) is 0.781. The highest BCUT2D eigenvalue weighted by molar-refractivity contribution is 5.85. The van der Waals surface area contributed by atoms with Gasteiger partial charge >= 0.3 is 0 Å². The van der Waals surface area contributed by atoms with Crippen LogP contribution < -0.4 is 5.73 Å². The Morgan fingerprint density at radius 3 is 2.33 bits per heavy atom. The minimum absolute atomic E-state index is 0. The minimum Gasteiger partial charge on any atom is -0.372 e. The van der Waals surface area contributed by atoms with Gasteiger partial charge in [-0.3, -0.25) is 4.79 Å². The Balaban J connectivity index is 0.00000196. The van der Waals surface area contributed by atoms with E-state index in [4.69, 9.17) is 10.5 Å². The summed E-state index contributed by atoms with van der Waals surface area (Å²) < 4.78 is 5.55. The molecule has 1 unspecified atom stereocenters. The number of halogens is 1. The van der Waals surface area contributed by atoms with Crippen molar-refractivity contribution in [3.8, 4) is 0 Å². The van der Waals surface area contributed by atoms with Crippen LogP contribution in [0.4, 0.5) is 0 Å². The number of rotatable bonds is 2. The van der Waals surface area contributed by atoms with E-state index in [1.54, 1.807) is 0 Å². The summed E-state index contributed by atoms with van der Waals surface area (Å²) in [5.74, 6) is 0.141. The third-order valence-corrected chi connectivity index (χ3v) is 2.27. The maximum atomic E-state index is 11.7. The van der Waals surface area contributed by atoms with E-state index in [0.717, 1.165) is 0 Å². The van der Waals surface area contributed by atoms with Gasteiger partial charge in [0.05, 0.1) is 12.2 Å². The lowest BCUT2D eigenvalue weighted by Gasteiger charge is -2.35. The summed E-state index contributed by atoms with van der Waals surface area (Å²) in [5.41, 5.74) is 5.59. The average molecular weight is 237 g/mol. The highest BCUT2D eigenvalue weighted by Gasteiger charge is 2.25. The second-order valence-corrected chi connectivity index (χ2v) is 4.24. The van der Waals surface area contributed by atoms with E-state index in [-0.39, 0.29) is 36.6 Å². The fourth-order valence-corrected chi connectivity index (χ4v) is 1.79. The number of nitrogens with two attached hydrogens (primary N) is 1. The Morgan fingerprint density at radius 1 is 1.47 bits per heavy atom. The molecule has 4 nitrogen and oxygen atoms in total. The molecule has 0 aromatic carbocycles. The van der Waals surface area contributed by atoms with Gasteiger partial charge < -0.3 is 15.4 Å². The lowest BCUT2D eigenvalue weighted by atomic mass is 10.2. The molecule has 1 amide bonds. The van der Waals surface area contributed by atoms with Crippen molar-refractivity contribution in [1.82, 2.24) is 4.90 Å². The molecule has 0 aromatic rings.